The minimum absolute atomic E-state index is 0.0558. The number of nitrogens with one attached hydrogen (secondary N) is 2. The van der Waals surface area contributed by atoms with E-state index in [2.05, 4.69) is 67.9 Å². The number of carbonyl (C=O) groups is 2. The fourth-order valence-corrected chi connectivity index (χ4v) is 3.44. The van der Waals surface area contributed by atoms with Crippen molar-refractivity contribution in [2.45, 2.75) is 40.2 Å². The van der Waals surface area contributed by atoms with Crippen molar-refractivity contribution in [3.63, 3.8) is 0 Å². The van der Waals surface area contributed by atoms with Gasteiger partial charge in [0.1, 0.15) is 6.04 Å². The lowest BCUT2D eigenvalue weighted by Crippen LogP contribution is -2.88. The molecule has 5 nitrogen and oxygen atoms in total. The summed E-state index contributed by atoms with van der Waals surface area (Å²) in [6, 6.07) is 15.9. The lowest BCUT2D eigenvalue weighted by atomic mass is 9.93. The van der Waals surface area contributed by atoms with Crippen LogP contribution in [0, 0.1) is 11.8 Å². The number of carbonyl (C=O) groups excluding carboxylic acids is 2. The molecule has 0 aliphatic rings. The summed E-state index contributed by atoms with van der Waals surface area (Å²) in [6.45, 7) is 9.15. The molecule has 0 radical (unpaired) electrons. The zero-order valence-corrected chi connectivity index (χ0v) is 18.2. The van der Waals surface area contributed by atoms with Gasteiger partial charge in [-0.05, 0) is 42.2 Å². The van der Waals surface area contributed by atoms with Crippen LogP contribution in [0.3, 0.4) is 0 Å². The number of anilines is 1. The standard InChI is InChI=1S/C24H33N3O2/c1-16(2)14-18-6-8-19(9-7-18)23(17(3)4)26-15-22(28)27-21-12-10-20(11-13-21)24(29)25-5/h6-13,16-17,23,26H,14-15H2,1-5H3,(H,25,29)(H,27,28)/p+1/t23-/m0/s1. The molecular formula is C24H34N3O2+. The molecule has 156 valence electrons. The monoisotopic (exact) mass is 396 g/mol. The van der Waals surface area contributed by atoms with Gasteiger partial charge in [0.25, 0.3) is 11.8 Å². The molecule has 5 heteroatoms. The third kappa shape index (κ3) is 7.02. The summed E-state index contributed by atoms with van der Waals surface area (Å²) in [5.74, 6) is 0.850. The van der Waals surface area contributed by atoms with Crippen molar-refractivity contribution in [3.05, 3.63) is 65.2 Å². The molecule has 2 aromatic rings. The molecule has 0 spiro atoms. The molecule has 0 aromatic heterocycles. The second-order valence-electron chi connectivity index (χ2n) is 8.25. The fourth-order valence-electron chi connectivity index (χ4n) is 3.44. The number of hydrogen-bond acceptors (Lipinski definition) is 2. The molecule has 0 aliphatic carbocycles. The Hall–Kier alpha value is -2.66. The van der Waals surface area contributed by atoms with Crippen LogP contribution < -0.4 is 16.0 Å². The fraction of sp³-hybridized carbons (Fsp3) is 0.417. The van der Waals surface area contributed by atoms with Crippen molar-refractivity contribution < 1.29 is 14.9 Å². The van der Waals surface area contributed by atoms with E-state index in [0.29, 0.717) is 29.6 Å². The van der Waals surface area contributed by atoms with Crippen molar-refractivity contribution in [1.29, 1.82) is 0 Å². The first-order chi connectivity index (χ1) is 13.8. The number of nitrogens with two attached hydrogens (primary N) is 1. The minimum atomic E-state index is -0.143. The third-order valence-electron chi connectivity index (χ3n) is 4.94. The summed E-state index contributed by atoms with van der Waals surface area (Å²) in [5.41, 5.74) is 3.85. The van der Waals surface area contributed by atoms with Gasteiger partial charge in [0, 0.05) is 29.8 Å². The normalized spacial score (nSPS) is 12.1. The van der Waals surface area contributed by atoms with Gasteiger partial charge in [0.05, 0.1) is 0 Å². The maximum absolute atomic E-state index is 12.4. The predicted molar refractivity (Wildman–Crippen MR) is 118 cm³/mol. The number of quaternary nitrogens is 1. The van der Waals surface area contributed by atoms with Crippen LogP contribution in [0.15, 0.2) is 48.5 Å². The number of amides is 2. The highest BCUT2D eigenvalue weighted by Gasteiger charge is 2.20. The molecular weight excluding hydrogens is 362 g/mol. The van der Waals surface area contributed by atoms with E-state index < -0.39 is 0 Å². The quantitative estimate of drug-likeness (QED) is 0.609. The van der Waals surface area contributed by atoms with Crippen molar-refractivity contribution in [2.75, 3.05) is 18.9 Å². The Morgan fingerprint density at radius 2 is 1.55 bits per heavy atom. The van der Waals surface area contributed by atoms with E-state index >= 15 is 0 Å². The summed E-state index contributed by atoms with van der Waals surface area (Å²) < 4.78 is 0. The third-order valence-corrected chi connectivity index (χ3v) is 4.94. The maximum atomic E-state index is 12.4. The molecule has 0 saturated carbocycles. The van der Waals surface area contributed by atoms with E-state index in [4.69, 9.17) is 0 Å². The molecule has 29 heavy (non-hydrogen) atoms. The van der Waals surface area contributed by atoms with E-state index in [0.717, 1.165) is 6.42 Å². The Balaban J connectivity index is 1.94. The van der Waals surface area contributed by atoms with E-state index in [1.165, 1.54) is 11.1 Å². The molecule has 0 heterocycles. The molecule has 2 amide bonds. The molecule has 0 unspecified atom stereocenters. The van der Waals surface area contributed by atoms with Gasteiger partial charge in [-0.3, -0.25) is 9.59 Å². The van der Waals surface area contributed by atoms with Gasteiger partial charge in [0.2, 0.25) is 0 Å². The Bertz CT molecular complexity index is 796. The number of rotatable bonds is 9. The molecule has 4 N–H and O–H groups in total. The van der Waals surface area contributed by atoms with Gasteiger partial charge in [-0.2, -0.15) is 0 Å². The maximum Gasteiger partial charge on any atom is 0.279 e. The van der Waals surface area contributed by atoms with Gasteiger partial charge < -0.3 is 16.0 Å². The van der Waals surface area contributed by atoms with E-state index in [1.807, 2.05) is 0 Å². The number of benzene rings is 2. The first kappa shape index (κ1) is 22.6. The van der Waals surface area contributed by atoms with Crippen LogP contribution >= 0.6 is 0 Å². The first-order valence-corrected chi connectivity index (χ1v) is 10.3. The lowest BCUT2D eigenvalue weighted by Gasteiger charge is -2.20. The SMILES string of the molecule is CNC(=O)c1ccc(NC(=O)C[NH2+][C@H](c2ccc(CC(C)C)cc2)C(C)C)cc1. The Kier molecular flexibility index (Phi) is 8.40. The Labute approximate surface area is 174 Å². The predicted octanol–water partition coefficient (Wildman–Crippen LogP) is 3.14. The highest BCUT2D eigenvalue weighted by Crippen LogP contribution is 2.19. The van der Waals surface area contributed by atoms with Crippen molar-refractivity contribution >= 4 is 17.5 Å². The smallest absolute Gasteiger partial charge is 0.279 e. The second-order valence-corrected chi connectivity index (χ2v) is 8.25. The molecule has 0 fully saturated rings. The van der Waals surface area contributed by atoms with Gasteiger partial charge in [-0.15, -0.1) is 0 Å². The van der Waals surface area contributed by atoms with E-state index in [9.17, 15) is 9.59 Å². The summed E-state index contributed by atoms with van der Waals surface area (Å²) >= 11 is 0. The van der Waals surface area contributed by atoms with E-state index in [1.54, 1.807) is 31.3 Å². The van der Waals surface area contributed by atoms with Crippen LogP contribution in [-0.4, -0.2) is 25.4 Å². The summed E-state index contributed by atoms with van der Waals surface area (Å²) in [4.78, 5) is 24.0. The summed E-state index contributed by atoms with van der Waals surface area (Å²) in [7, 11) is 1.59. The van der Waals surface area contributed by atoms with Gasteiger partial charge in [-0.1, -0.05) is 52.0 Å². The largest absolute Gasteiger partial charge is 0.355 e. The highest BCUT2D eigenvalue weighted by atomic mass is 16.2. The Morgan fingerprint density at radius 1 is 0.931 bits per heavy atom. The average Bonchev–Trinajstić information content (AvgIpc) is 2.68. The molecule has 0 aliphatic heterocycles. The van der Waals surface area contributed by atoms with E-state index in [-0.39, 0.29) is 17.9 Å². The van der Waals surface area contributed by atoms with Crippen molar-refractivity contribution in [3.8, 4) is 0 Å². The van der Waals surface area contributed by atoms with Gasteiger partial charge in [-0.25, -0.2) is 0 Å². The second kappa shape index (κ2) is 10.8. The average molecular weight is 397 g/mol. The van der Waals surface area contributed by atoms with Crippen molar-refractivity contribution in [1.82, 2.24) is 5.32 Å². The summed E-state index contributed by atoms with van der Waals surface area (Å²) in [5, 5.41) is 7.58. The Morgan fingerprint density at radius 3 is 2.07 bits per heavy atom. The van der Waals surface area contributed by atoms with Crippen LogP contribution in [-0.2, 0) is 11.2 Å². The van der Waals surface area contributed by atoms with Crippen LogP contribution in [0.4, 0.5) is 5.69 Å². The van der Waals surface area contributed by atoms with Crippen LogP contribution in [0.1, 0.15) is 55.2 Å². The molecule has 0 bridgehead atoms. The topological polar surface area (TPSA) is 74.8 Å². The van der Waals surface area contributed by atoms with Crippen LogP contribution in [0.25, 0.3) is 0 Å². The molecule has 0 saturated heterocycles. The highest BCUT2D eigenvalue weighted by molar-refractivity contribution is 5.95. The van der Waals surface area contributed by atoms with Gasteiger partial charge >= 0.3 is 0 Å². The summed E-state index contributed by atoms with van der Waals surface area (Å²) in [6.07, 6.45) is 1.08. The van der Waals surface area contributed by atoms with Crippen LogP contribution in [0.5, 0.6) is 0 Å². The zero-order valence-electron chi connectivity index (χ0n) is 18.2. The number of hydrogen-bond donors (Lipinski definition) is 3. The minimum Gasteiger partial charge on any atom is -0.355 e. The van der Waals surface area contributed by atoms with Gasteiger partial charge in [0.15, 0.2) is 6.54 Å². The lowest BCUT2D eigenvalue weighted by molar-refractivity contribution is -0.692. The van der Waals surface area contributed by atoms with Crippen molar-refractivity contribution in [2.24, 2.45) is 11.8 Å². The molecule has 1 atom stereocenters. The van der Waals surface area contributed by atoms with Crippen LogP contribution in [0.2, 0.25) is 0 Å². The molecule has 2 aromatic carbocycles. The first-order valence-electron chi connectivity index (χ1n) is 10.3. The zero-order chi connectivity index (χ0) is 21.4. The molecule has 2 rings (SSSR count).